The van der Waals surface area contributed by atoms with Crippen molar-refractivity contribution in [2.24, 2.45) is 0 Å². The number of hydrogen-bond acceptors (Lipinski definition) is 1. The number of aliphatic hydroxyl groups excluding tert-OH is 1. The molecule has 0 saturated heterocycles. The third-order valence-electron chi connectivity index (χ3n) is 1.38. The number of hydrogen-bond donors (Lipinski definition) is 1. The monoisotopic (exact) mass is 230 g/mol. The van der Waals surface area contributed by atoms with E-state index < -0.39 is 0 Å². The number of halogens is 2. The first-order chi connectivity index (χ1) is 5.75. The Bertz CT molecular complexity index is 297. The van der Waals surface area contributed by atoms with Crippen molar-refractivity contribution in [3.63, 3.8) is 0 Å². The van der Waals surface area contributed by atoms with Crippen molar-refractivity contribution in [1.82, 2.24) is 0 Å². The van der Waals surface area contributed by atoms with E-state index in [0.717, 1.165) is 0 Å². The summed E-state index contributed by atoms with van der Waals surface area (Å²) in [5.41, 5.74) is 0.471. The van der Waals surface area contributed by atoms with Crippen LogP contribution in [0, 0.1) is 5.82 Å². The maximum absolute atomic E-state index is 13.1. The lowest BCUT2D eigenvalue weighted by molar-refractivity contribution is 0.343. The molecule has 1 aromatic carbocycles. The molecule has 0 heterocycles. The van der Waals surface area contributed by atoms with Crippen LogP contribution >= 0.6 is 15.9 Å². The zero-order valence-corrected chi connectivity index (χ0v) is 7.88. The van der Waals surface area contributed by atoms with Crippen molar-refractivity contribution < 1.29 is 9.50 Å². The second kappa shape index (κ2) is 4.38. The summed E-state index contributed by atoms with van der Waals surface area (Å²) in [5, 5.41) is 8.47. The standard InChI is InChI=1S/C9H8BrFO/c10-8-5-1-3-7(9(8)11)4-2-6-12/h1-5,12H,6H2. The van der Waals surface area contributed by atoms with E-state index in [1.54, 1.807) is 24.3 Å². The Kier molecular flexibility index (Phi) is 3.44. The maximum Gasteiger partial charge on any atom is 0.144 e. The highest BCUT2D eigenvalue weighted by atomic mass is 79.9. The second-order valence-electron chi connectivity index (χ2n) is 2.23. The Morgan fingerprint density at radius 3 is 2.92 bits per heavy atom. The summed E-state index contributed by atoms with van der Waals surface area (Å²) in [7, 11) is 0. The summed E-state index contributed by atoms with van der Waals surface area (Å²) >= 11 is 3.07. The van der Waals surface area contributed by atoms with Gasteiger partial charge in [-0.3, -0.25) is 0 Å². The zero-order valence-electron chi connectivity index (χ0n) is 6.30. The van der Waals surface area contributed by atoms with E-state index in [1.165, 1.54) is 6.08 Å². The molecule has 12 heavy (non-hydrogen) atoms. The first-order valence-electron chi connectivity index (χ1n) is 3.47. The zero-order chi connectivity index (χ0) is 8.97. The molecule has 0 saturated carbocycles. The molecule has 1 nitrogen and oxygen atoms in total. The van der Waals surface area contributed by atoms with Crippen molar-refractivity contribution in [2.75, 3.05) is 6.61 Å². The summed E-state index contributed by atoms with van der Waals surface area (Å²) in [4.78, 5) is 0. The van der Waals surface area contributed by atoms with E-state index in [-0.39, 0.29) is 12.4 Å². The van der Waals surface area contributed by atoms with Gasteiger partial charge >= 0.3 is 0 Å². The molecule has 0 atom stereocenters. The van der Waals surface area contributed by atoms with Gasteiger partial charge in [0.25, 0.3) is 0 Å². The van der Waals surface area contributed by atoms with E-state index in [1.807, 2.05) is 0 Å². The predicted molar refractivity (Wildman–Crippen MR) is 50.2 cm³/mol. The summed E-state index contributed by atoms with van der Waals surface area (Å²) in [6, 6.07) is 5.02. The van der Waals surface area contributed by atoms with Gasteiger partial charge in [0.1, 0.15) is 5.82 Å². The second-order valence-corrected chi connectivity index (χ2v) is 3.08. The van der Waals surface area contributed by atoms with Crippen molar-refractivity contribution in [3.05, 3.63) is 40.1 Å². The van der Waals surface area contributed by atoms with Gasteiger partial charge in [-0.1, -0.05) is 24.3 Å². The van der Waals surface area contributed by atoms with Crippen LogP contribution in [0.15, 0.2) is 28.7 Å². The summed E-state index contributed by atoms with van der Waals surface area (Å²) in [6.45, 7) is -0.0774. The first kappa shape index (κ1) is 9.42. The maximum atomic E-state index is 13.1. The fourth-order valence-electron chi connectivity index (χ4n) is 0.829. The molecule has 0 amide bonds. The highest BCUT2D eigenvalue weighted by Gasteiger charge is 2.01. The minimum absolute atomic E-state index is 0.0774. The van der Waals surface area contributed by atoms with Crippen molar-refractivity contribution in [1.29, 1.82) is 0 Å². The van der Waals surface area contributed by atoms with Gasteiger partial charge in [-0.15, -0.1) is 0 Å². The third kappa shape index (κ3) is 2.16. The molecule has 0 fully saturated rings. The molecular formula is C9H8BrFO. The van der Waals surface area contributed by atoms with Gasteiger partial charge in [0.15, 0.2) is 0 Å². The summed E-state index contributed by atoms with van der Waals surface area (Å²) < 4.78 is 13.6. The molecule has 0 bridgehead atoms. The third-order valence-corrected chi connectivity index (χ3v) is 2.00. The molecular weight excluding hydrogens is 223 g/mol. The molecule has 0 aliphatic heterocycles. The Labute approximate surface area is 78.7 Å². The average molecular weight is 231 g/mol. The van der Waals surface area contributed by atoms with E-state index >= 15 is 0 Å². The Balaban J connectivity index is 3.00. The van der Waals surface area contributed by atoms with Gasteiger partial charge in [0.05, 0.1) is 11.1 Å². The first-order valence-corrected chi connectivity index (χ1v) is 4.26. The van der Waals surface area contributed by atoms with Crippen LogP contribution in [0.25, 0.3) is 6.08 Å². The van der Waals surface area contributed by atoms with E-state index in [4.69, 9.17) is 5.11 Å². The molecule has 0 aliphatic carbocycles. The lowest BCUT2D eigenvalue weighted by Crippen LogP contribution is -1.83. The Hall–Kier alpha value is -0.670. The van der Waals surface area contributed by atoms with E-state index in [9.17, 15) is 4.39 Å². The van der Waals surface area contributed by atoms with Crippen LogP contribution in [0.5, 0.6) is 0 Å². The topological polar surface area (TPSA) is 20.2 Å². The van der Waals surface area contributed by atoms with Gasteiger partial charge in [-0.25, -0.2) is 4.39 Å². The molecule has 3 heteroatoms. The molecule has 0 unspecified atom stereocenters. The van der Waals surface area contributed by atoms with E-state index in [2.05, 4.69) is 15.9 Å². The van der Waals surface area contributed by atoms with Gasteiger partial charge in [0, 0.05) is 5.56 Å². The van der Waals surface area contributed by atoms with Crippen molar-refractivity contribution in [3.8, 4) is 0 Å². The molecule has 0 radical (unpaired) electrons. The Morgan fingerprint density at radius 1 is 1.50 bits per heavy atom. The molecule has 64 valence electrons. The minimum atomic E-state index is -0.304. The van der Waals surface area contributed by atoms with Gasteiger partial charge < -0.3 is 5.11 Å². The van der Waals surface area contributed by atoms with Gasteiger partial charge in [-0.05, 0) is 22.0 Å². The van der Waals surface area contributed by atoms with Crippen LogP contribution in [0.4, 0.5) is 4.39 Å². The average Bonchev–Trinajstić information content (AvgIpc) is 2.08. The van der Waals surface area contributed by atoms with E-state index in [0.29, 0.717) is 10.0 Å². The minimum Gasteiger partial charge on any atom is -0.392 e. The van der Waals surface area contributed by atoms with Crippen LogP contribution in [0.2, 0.25) is 0 Å². The van der Waals surface area contributed by atoms with Crippen molar-refractivity contribution >= 4 is 22.0 Å². The van der Waals surface area contributed by atoms with Crippen LogP contribution < -0.4 is 0 Å². The Morgan fingerprint density at radius 2 is 2.25 bits per heavy atom. The van der Waals surface area contributed by atoms with Gasteiger partial charge in [0.2, 0.25) is 0 Å². The number of aliphatic hydroxyl groups is 1. The molecule has 0 spiro atoms. The van der Waals surface area contributed by atoms with Crippen LogP contribution in [0.3, 0.4) is 0 Å². The predicted octanol–water partition coefficient (Wildman–Crippen LogP) is 2.59. The smallest absolute Gasteiger partial charge is 0.144 e. The molecule has 1 rings (SSSR count). The van der Waals surface area contributed by atoms with Crippen LogP contribution in [-0.4, -0.2) is 11.7 Å². The summed E-state index contributed by atoms with van der Waals surface area (Å²) in [5.74, 6) is -0.304. The summed E-state index contributed by atoms with van der Waals surface area (Å²) in [6.07, 6.45) is 3.03. The fourth-order valence-corrected chi connectivity index (χ4v) is 1.21. The lowest BCUT2D eigenvalue weighted by Gasteiger charge is -1.97. The fraction of sp³-hybridized carbons (Fsp3) is 0.111. The molecule has 0 aromatic heterocycles. The molecule has 0 aliphatic rings. The lowest BCUT2D eigenvalue weighted by atomic mass is 10.2. The quantitative estimate of drug-likeness (QED) is 0.829. The molecule has 1 aromatic rings. The largest absolute Gasteiger partial charge is 0.392 e. The van der Waals surface area contributed by atoms with Gasteiger partial charge in [-0.2, -0.15) is 0 Å². The number of rotatable bonds is 2. The number of benzene rings is 1. The van der Waals surface area contributed by atoms with Crippen molar-refractivity contribution in [2.45, 2.75) is 0 Å². The molecule has 1 N–H and O–H groups in total. The highest BCUT2D eigenvalue weighted by molar-refractivity contribution is 9.10. The van der Waals surface area contributed by atoms with Crippen LogP contribution in [0.1, 0.15) is 5.56 Å². The van der Waals surface area contributed by atoms with Crippen LogP contribution in [-0.2, 0) is 0 Å². The normalized spacial score (nSPS) is 10.9. The SMILES string of the molecule is OCC=Cc1cccc(Br)c1F. The highest BCUT2D eigenvalue weighted by Crippen LogP contribution is 2.19.